The molecule has 0 radical (unpaired) electrons. The summed E-state index contributed by atoms with van der Waals surface area (Å²) >= 11 is 0. The van der Waals surface area contributed by atoms with E-state index in [0.717, 1.165) is 55.2 Å². The molecule has 1 aromatic carbocycles. The maximum Gasteiger partial charge on any atom is 0.191 e. The molecule has 28 heavy (non-hydrogen) atoms. The first kappa shape index (κ1) is 24.2. The van der Waals surface area contributed by atoms with Crippen LogP contribution < -0.4 is 15.4 Å². The van der Waals surface area contributed by atoms with Crippen LogP contribution in [0.15, 0.2) is 23.2 Å². The van der Waals surface area contributed by atoms with E-state index in [1.165, 1.54) is 0 Å². The molecule has 6 heteroatoms. The van der Waals surface area contributed by atoms with Gasteiger partial charge in [0.1, 0.15) is 12.4 Å². The SMILES string of the molecule is CCCC(CCO)CNC(=NCc1ccc(C)cc1OCCOCC)NCC. The number of ether oxygens (including phenoxy) is 2. The predicted octanol–water partition coefficient (Wildman–Crippen LogP) is 3.26. The van der Waals surface area contributed by atoms with Gasteiger partial charge < -0.3 is 25.2 Å². The fraction of sp³-hybridized carbons (Fsp3) is 0.682. The first-order chi connectivity index (χ1) is 13.6. The van der Waals surface area contributed by atoms with Crippen molar-refractivity contribution in [2.75, 3.05) is 39.5 Å². The van der Waals surface area contributed by atoms with Crippen LogP contribution in [0.4, 0.5) is 0 Å². The van der Waals surface area contributed by atoms with E-state index in [0.29, 0.717) is 32.3 Å². The molecule has 6 nitrogen and oxygen atoms in total. The summed E-state index contributed by atoms with van der Waals surface area (Å²) < 4.78 is 11.3. The molecule has 1 atom stereocenters. The molecule has 1 aromatic rings. The molecule has 0 aliphatic carbocycles. The van der Waals surface area contributed by atoms with Crippen LogP contribution in [0.1, 0.15) is 51.2 Å². The van der Waals surface area contributed by atoms with Gasteiger partial charge in [-0.15, -0.1) is 0 Å². The van der Waals surface area contributed by atoms with Crippen LogP contribution in [0.5, 0.6) is 5.75 Å². The average Bonchev–Trinajstić information content (AvgIpc) is 2.68. The molecular formula is C22H39N3O3. The summed E-state index contributed by atoms with van der Waals surface area (Å²) in [5.41, 5.74) is 2.22. The second-order valence-electron chi connectivity index (χ2n) is 6.90. The van der Waals surface area contributed by atoms with Crippen molar-refractivity contribution in [1.29, 1.82) is 0 Å². The predicted molar refractivity (Wildman–Crippen MR) is 116 cm³/mol. The summed E-state index contributed by atoms with van der Waals surface area (Å²) in [6.45, 7) is 12.5. The van der Waals surface area contributed by atoms with Gasteiger partial charge in [0.25, 0.3) is 0 Å². The summed E-state index contributed by atoms with van der Waals surface area (Å²) in [6.07, 6.45) is 3.03. The summed E-state index contributed by atoms with van der Waals surface area (Å²) in [5, 5.41) is 16.0. The zero-order chi connectivity index (χ0) is 20.6. The molecule has 0 saturated heterocycles. The fourth-order valence-corrected chi connectivity index (χ4v) is 2.97. The van der Waals surface area contributed by atoms with Crippen molar-refractivity contribution in [1.82, 2.24) is 10.6 Å². The van der Waals surface area contributed by atoms with Crippen molar-refractivity contribution >= 4 is 5.96 Å². The van der Waals surface area contributed by atoms with Gasteiger partial charge in [0.2, 0.25) is 0 Å². The number of guanidine groups is 1. The van der Waals surface area contributed by atoms with Gasteiger partial charge in [-0.1, -0.05) is 25.5 Å². The van der Waals surface area contributed by atoms with Crippen LogP contribution in [0.2, 0.25) is 0 Å². The Morgan fingerprint density at radius 3 is 2.64 bits per heavy atom. The molecule has 0 saturated carbocycles. The van der Waals surface area contributed by atoms with E-state index in [1.807, 2.05) is 6.92 Å². The molecule has 0 heterocycles. The van der Waals surface area contributed by atoms with Crippen LogP contribution in [0.25, 0.3) is 0 Å². The third-order valence-electron chi connectivity index (χ3n) is 4.46. The van der Waals surface area contributed by atoms with Crippen LogP contribution >= 0.6 is 0 Å². The van der Waals surface area contributed by atoms with Crippen molar-refractivity contribution in [3.63, 3.8) is 0 Å². The number of hydrogen-bond acceptors (Lipinski definition) is 4. The molecule has 0 amide bonds. The van der Waals surface area contributed by atoms with Crippen molar-refractivity contribution in [3.05, 3.63) is 29.3 Å². The highest BCUT2D eigenvalue weighted by Crippen LogP contribution is 2.21. The number of nitrogens with zero attached hydrogens (tertiary/aromatic N) is 1. The number of rotatable bonds is 14. The summed E-state index contributed by atoms with van der Waals surface area (Å²) in [4.78, 5) is 4.73. The molecule has 0 bridgehead atoms. The lowest BCUT2D eigenvalue weighted by molar-refractivity contribution is 0.110. The van der Waals surface area contributed by atoms with Gasteiger partial charge in [0.05, 0.1) is 13.2 Å². The fourth-order valence-electron chi connectivity index (χ4n) is 2.97. The number of aliphatic imine (C=N–C) groups is 1. The third kappa shape index (κ3) is 9.95. The molecule has 1 rings (SSSR count). The van der Waals surface area contributed by atoms with E-state index in [-0.39, 0.29) is 6.61 Å². The lowest BCUT2D eigenvalue weighted by Gasteiger charge is -2.18. The Morgan fingerprint density at radius 1 is 1.14 bits per heavy atom. The topological polar surface area (TPSA) is 75.1 Å². The summed E-state index contributed by atoms with van der Waals surface area (Å²) in [5.74, 6) is 2.11. The lowest BCUT2D eigenvalue weighted by atomic mass is 10.0. The smallest absolute Gasteiger partial charge is 0.191 e. The van der Waals surface area contributed by atoms with Gasteiger partial charge in [-0.3, -0.25) is 0 Å². The Hall–Kier alpha value is -1.79. The number of benzene rings is 1. The number of nitrogens with one attached hydrogen (secondary N) is 2. The Kier molecular flexibility index (Phi) is 13.1. The number of aryl methyl sites for hydroxylation is 1. The molecule has 0 fully saturated rings. The first-order valence-corrected chi connectivity index (χ1v) is 10.6. The maximum atomic E-state index is 9.24. The Bertz CT molecular complexity index is 558. The average molecular weight is 394 g/mol. The number of aliphatic hydroxyl groups excluding tert-OH is 1. The minimum absolute atomic E-state index is 0.228. The van der Waals surface area contributed by atoms with E-state index >= 15 is 0 Å². The van der Waals surface area contributed by atoms with Crippen LogP contribution in [0.3, 0.4) is 0 Å². The highest BCUT2D eigenvalue weighted by Gasteiger charge is 2.09. The minimum Gasteiger partial charge on any atom is -0.491 e. The normalized spacial score (nSPS) is 12.7. The van der Waals surface area contributed by atoms with Gasteiger partial charge in [0.15, 0.2) is 5.96 Å². The molecule has 1 unspecified atom stereocenters. The molecule has 160 valence electrons. The zero-order valence-corrected chi connectivity index (χ0v) is 18.1. The molecular weight excluding hydrogens is 354 g/mol. The van der Waals surface area contributed by atoms with Gasteiger partial charge in [-0.2, -0.15) is 0 Å². The lowest BCUT2D eigenvalue weighted by Crippen LogP contribution is -2.40. The largest absolute Gasteiger partial charge is 0.491 e. The van der Waals surface area contributed by atoms with E-state index in [2.05, 4.69) is 49.6 Å². The second-order valence-corrected chi connectivity index (χ2v) is 6.90. The second kappa shape index (κ2) is 15.2. The number of hydrogen-bond donors (Lipinski definition) is 3. The van der Waals surface area contributed by atoms with E-state index < -0.39 is 0 Å². The van der Waals surface area contributed by atoms with E-state index in [1.54, 1.807) is 0 Å². The number of aliphatic hydroxyl groups is 1. The van der Waals surface area contributed by atoms with E-state index in [4.69, 9.17) is 14.5 Å². The first-order valence-electron chi connectivity index (χ1n) is 10.6. The molecule has 0 spiro atoms. The quantitative estimate of drug-likeness (QED) is 0.257. The Labute approximate surface area is 170 Å². The molecule has 0 aromatic heterocycles. The standard InChI is InChI=1S/C22H39N3O3/c1-5-8-19(11-12-26)16-24-22(23-6-2)25-17-20-10-9-18(4)15-21(20)28-14-13-27-7-3/h9-10,15,19,26H,5-8,11-14,16-17H2,1-4H3,(H2,23,24,25). The summed E-state index contributed by atoms with van der Waals surface area (Å²) in [7, 11) is 0. The van der Waals surface area contributed by atoms with Gasteiger partial charge in [-0.25, -0.2) is 4.99 Å². The van der Waals surface area contributed by atoms with Gasteiger partial charge >= 0.3 is 0 Å². The van der Waals surface area contributed by atoms with Crippen LogP contribution in [0, 0.1) is 12.8 Å². The van der Waals surface area contributed by atoms with Crippen molar-refractivity contribution in [2.24, 2.45) is 10.9 Å². The van der Waals surface area contributed by atoms with Crippen molar-refractivity contribution < 1.29 is 14.6 Å². The molecule has 0 aliphatic rings. The van der Waals surface area contributed by atoms with Crippen molar-refractivity contribution in [2.45, 2.75) is 53.5 Å². The Morgan fingerprint density at radius 2 is 1.96 bits per heavy atom. The van der Waals surface area contributed by atoms with E-state index in [9.17, 15) is 5.11 Å². The maximum absolute atomic E-state index is 9.24. The Balaban J connectivity index is 2.74. The van der Waals surface area contributed by atoms with Crippen LogP contribution in [-0.4, -0.2) is 50.6 Å². The molecule has 3 N–H and O–H groups in total. The van der Waals surface area contributed by atoms with Gasteiger partial charge in [-0.05, 0) is 51.2 Å². The third-order valence-corrected chi connectivity index (χ3v) is 4.46. The summed E-state index contributed by atoms with van der Waals surface area (Å²) in [6, 6.07) is 6.21. The highest BCUT2D eigenvalue weighted by molar-refractivity contribution is 5.79. The minimum atomic E-state index is 0.228. The highest BCUT2D eigenvalue weighted by atomic mass is 16.5. The van der Waals surface area contributed by atoms with Crippen LogP contribution in [-0.2, 0) is 11.3 Å². The zero-order valence-electron chi connectivity index (χ0n) is 18.1. The monoisotopic (exact) mass is 393 g/mol. The van der Waals surface area contributed by atoms with Gasteiger partial charge in [0, 0.05) is 31.9 Å². The van der Waals surface area contributed by atoms with Crippen molar-refractivity contribution in [3.8, 4) is 5.75 Å². The molecule has 0 aliphatic heterocycles.